The Morgan fingerprint density at radius 1 is 1.16 bits per heavy atom. The number of hydrogen-bond donors (Lipinski definition) is 2. The van der Waals surface area contributed by atoms with E-state index in [0.717, 1.165) is 36.6 Å². The maximum absolute atomic E-state index is 11.0. The summed E-state index contributed by atoms with van der Waals surface area (Å²) in [4.78, 5) is 11.0. The van der Waals surface area contributed by atoms with Crippen molar-refractivity contribution in [3.8, 4) is 0 Å². The van der Waals surface area contributed by atoms with Crippen molar-refractivity contribution >= 4 is 16.9 Å². The van der Waals surface area contributed by atoms with Crippen molar-refractivity contribution in [2.45, 2.75) is 37.8 Å². The van der Waals surface area contributed by atoms with Crippen molar-refractivity contribution in [1.29, 1.82) is 0 Å². The summed E-state index contributed by atoms with van der Waals surface area (Å²) in [5.41, 5.74) is 1.40. The van der Waals surface area contributed by atoms with Crippen molar-refractivity contribution in [1.82, 2.24) is 4.57 Å². The molecule has 0 unspecified atom stereocenters. The normalized spacial score (nSPS) is 23.6. The molecule has 2 aromatic rings. The largest absolute Gasteiger partial charge is 0.478 e. The number of carboxylic acids is 1. The fraction of sp³-hybridized carbons (Fsp3) is 0.400. The van der Waals surface area contributed by atoms with Gasteiger partial charge in [-0.3, -0.25) is 0 Å². The van der Waals surface area contributed by atoms with Gasteiger partial charge in [0.15, 0.2) is 0 Å². The molecule has 4 nitrogen and oxygen atoms in total. The predicted molar refractivity (Wildman–Crippen MR) is 72.4 cm³/mol. The number of benzene rings is 1. The summed E-state index contributed by atoms with van der Waals surface area (Å²) in [6, 6.07) is 7.62. The molecule has 1 fully saturated rings. The van der Waals surface area contributed by atoms with Crippen molar-refractivity contribution in [3.63, 3.8) is 0 Å². The van der Waals surface area contributed by atoms with Crippen LogP contribution in [0.25, 0.3) is 10.9 Å². The van der Waals surface area contributed by atoms with Crippen LogP contribution >= 0.6 is 0 Å². The molecule has 100 valence electrons. The average molecular weight is 259 g/mol. The van der Waals surface area contributed by atoms with E-state index in [4.69, 9.17) is 5.11 Å². The lowest BCUT2D eigenvalue weighted by Gasteiger charge is -2.27. The first-order chi connectivity index (χ1) is 9.15. The minimum Gasteiger partial charge on any atom is -0.478 e. The van der Waals surface area contributed by atoms with Gasteiger partial charge in [-0.2, -0.15) is 0 Å². The van der Waals surface area contributed by atoms with Crippen LogP contribution in [0.5, 0.6) is 0 Å². The Labute approximate surface area is 111 Å². The highest BCUT2D eigenvalue weighted by Crippen LogP contribution is 2.32. The number of rotatable bonds is 2. The zero-order valence-corrected chi connectivity index (χ0v) is 10.6. The second-order valence-corrected chi connectivity index (χ2v) is 5.26. The average Bonchev–Trinajstić information content (AvgIpc) is 2.82. The van der Waals surface area contributed by atoms with Crippen molar-refractivity contribution in [2.24, 2.45) is 0 Å². The highest BCUT2D eigenvalue weighted by Gasteiger charge is 2.21. The number of aromatic carboxylic acids is 1. The van der Waals surface area contributed by atoms with Crippen LogP contribution in [0, 0.1) is 0 Å². The Bertz CT molecular complexity index is 609. The standard InChI is InChI=1S/C15H17NO3/c17-13-4-2-12(3-5-13)16-8-7-10-9-11(15(18)19)1-6-14(10)16/h1,6-9,12-13,17H,2-5H2,(H,18,19)/t12-,13-. The van der Waals surface area contributed by atoms with Crippen LogP contribution < -0.4 is 0 Å². The van der Waals surface area contributed by atoms with E-state index in [-0.39, 0.29) is 6.10 Å². The van der Waals surface area contributed by atoms with Crippen LogP contribution in [0.3, 0.4) is 0 Å². The van der Waals surface area contributed by atoms with Crippen LogP contribution in [-0.4, -0.2) is 26.9 Å². The molecule has 0 aliphatic heterocycles. The third kappa shape index (κ3) is 2.24. The molecule has 0 bridgehead atoms. The summed E-state index contributed by atoms with van der Waals surface area (Å²) in [5.74, 6) is -0.893. The van der Waals surface area contributed by atoms with Gasteiger partial charge >= 0.3 is 5.97 Å². The fourth-order valence-electron chi connectivity index (χ4n) is 2.95. The predicted octanol–water partition coefficient (Wildman–Crippen LogP) is 2.82. The Balaban J connectivity index is 1.95. The number of aromatic nitrogens is 1. The van der Waals surface area contributed by atoms with E-state index in [0.29, 0.717) is 11.6 Å². The second-order valence-electron chi connectivity index (χ2n) is 5.26. The van der Waals surface area contributed by atoms with E-state index in [2.05, 4.69) is 4.57 Å². The molecule has 1 saturated carbocycles. The monoisotopic (exact) mass is 259 g/mol. The molecule has 0 amide bonds. The molecule has 2 N–H and O–H groups in total. The van der Waals surface area contributed by atoms with Gasteiger partial charge < -0.3 is 14.8 Å². The van der Waals surface area contributed by atoms with E-state index in [1.54, 1.807) is 12.1 Å². The highest BCUT2D eigenvalue weighted by molar-refractivity contribution is 5.93. The van der Waals surface area contributed by atoms with Gasteiger partial charge in [0.2, 0.25) is 0 Å². The summed E-state index contributed by atoms with van der Waals surface area (Å²) in [6.07, 6.45) is 5.52. The molecule has 4 heteroatoms. The van der Waals surface area contributed by atoms with Crippen LogP contribution in [0.15, 0.2) is 30.5 Å². The maximum atomic E-state index is 11.0. The molecule has 3 rings (SSSR count). The number of nitrogens with zero attached hydrogens (tertiary/aromatic N) is 1. The lowest BCUT2D eigenvalue weighted by molar-refractivity contribution is 0.0697. The Kier molecular flexibility index (Phi) is 3.03. The first-order valence-corrected chi connectivity index (χ1v) is 6.67. The molecular weight excluding hydrogens is 242 g/mol. The van der Waals surface area contributed by atoms with Gasteiger partial charge in [-0.25, -0.2) is 4.79 Å². The summed E-state index contributed by atoms with van der Waals surface area (Å²) in [6.45, 7) is 0. The second kappa shape index (κ2) is 4.70. The summed E-state index contributed by atoms with van der Waals surface area (Å²) in [7, 11) is 0. The van der Waals surface area contributed by atoms with E-state index >= 15 is 0 Å². The number of aliphatic hydroxyl groups is 1. The Morgan fingerprint density at radius 3 is 2.58 bits per heavy atom. The minimum atomic E-state index is -0.893. The van der Waals surface area contributed by atoms with Crippen molar-refractivity contribution in [3.05, 3.63) is 36.0 Å². The third-order valence-corrected chi connectivity index (χ3v) is 4.03. The quantitative estimate of drug-likeness (QED) is 0.871. The number of hydrogen-bond acceptors (Lipinski definition) is 2. The lowest BCUT2D eigenvalue weighted by Crippen LogP contribution is -2.20. The van der Waals surface area contributed by atoms with E-state index in [9.17, 15) is 9.90 Å². The van der Waals surface area contributed by atoms with Gasteiger partial charge in [0.05, 0.1) is 11.7 Å². The Hall–Kier alpha value is -1.81. The van der Waals surface area contributed by atoms with E-state index in [1.165, 1.54) is 0 Å². The maximum Gasteiger partial charge on any atom is 0.335 e. The van der Waals surface area contributed by atoms with Gasteiger partial charge in [-0.1, -0.05) is 0 Å². The number of carboxylic acid groups (broad SMARTS) is 1. The molecular formula is C15H17NO3. The SMILES string of the molecule is O=C(O)c1ccc2c(ccn2[C@H]2CC[C@H](O)CC2)c1. The number of carbonyl (C=O) groups is 1. The molecule has 1 heterocycles. The van der Waals surface area contributed by atoms with Gasteiger partial charge in [-0.15, -0.1) is 0 Å². The molecule has 0 saturated heterocycles. The lowest BCUT2D eigenvalue weighted by atomic mass is 9.93. The minimum absolute atomic E-state index is 0.156. The zero-order valence-electron chi connectivity index (χ0n) is 10.6. The van der Waals surface area contributed by atoms with Crippen molar-refractivity contribution < 1.29 is 15.0 Å². The summed E-state index contributed by atoms with van der Waals surface area (Å²) < 4.78 is 2.22. The first-order valence-electron chi connectivity index (χ1n) is 6.67. The van der Waals surface area contributed by atoms with Crippen LogP contribution in [0.1, 0.15) is 42.1 Å². The molecule has 1 aliphatic rings. The zero-order chi connectivity index (χ0) is 13.4. The third-order valence-electron chi connectivity index (χ3n) is 4.03. The van der Waals surface area contributed by atoms with E-state index < -0.39 is 5.97 Å². The molecule has 0 spiro atoms. The van der Waals surface area contributed by atoms with Crippen molar-refractivity contribution in [2.75, 3.05) is 0 Å². The highest BCUT2D eigenvalue weighted by atomic mass is 16.4. The van der Waals surface area contributed by atoms with Crippen LogP contribution in [-0.2, 0) is 0 Å². The fourth-order valence-corrected chi connectivity index (χ4v) is 2.95. The molecule has 0 radical (unpaired) electrons. The molecule has 1 aromatic carbocycles. The van der Waals surface area contributed by atoms with E-state index in [1.807, 2.05) is 18.3 Å². The summed E-state index contributed by atoms with van der Waals surface area (Å²) in [5, 5.41) is 19.5. The smallest absolute Gasteiger partial charge is 0.335 e. The molecule has 1 aliphatic carbocycles. The summed E-state index contributed by atoms with van der Waals surface area (Å²) >= 11 is 0. The van der Waals surface area contributed by atoms with Crippen LogP contribution in [0.2, 0.25) is 0 Å². The number of aliphatic hydroxyl groups excluding tert-OH is 1. The number of fused-ring (bicyclic) bond motifs is 1. The topological polar surface area (TPSA) is 62.5 Å². The van der Waals surface area contributed by atoms with Gasteiger partial charge in [0.1, 0.15) is 0 Å². The van der Waals surface area contributed by atoms with Gasteiger partial charge in [0.25, 0.3) is 0 Å². The molecule has 0 atom stereocenters. The molecule has 19 heavy (non-hydrogen) atoms. The van der Waals surface area contributed by atoms with Gasteiger partial charge in [-0.05, 0) is 49.9 Å². The molecule has 1 aromatic heterocycles. The first kappa shape index (κ1) is 12.2. The van der Waals surface area contributed by atoms with Gasteiger partial charge in [0, 0.05) is 23.1 Å². The Morgan fingerprint density at radius 2 is 1.89 bits per heavy atom. The van der Waals surface area contributed by atoms with Crippen LogP contribution in [0.4, 0.5) is 0 Å².